The van der Waals surface area contributed by atoms with Crippen molar-refractivity contribution in [1.29, 1.82) is 5.41 Å². The molecule has 1 aromatic carbocycles. The molecule has 94 valence electrons. The minimum atomic E-state index is -0.648. The molecule has 0 saturated carbocycles. The fraction of sp³-hybridized carbons (Fsp3) is 0.111. The molecule has 0 radical (unpaired) electrons. The molecule has 0 unspecified atom stereocenters. The van der Waals surface area contributed by atoms with Gasteiger partial charge in [0.15, 0.2) is 11.1 Å². The summed E-state index contributed by atoms with van der Waals surface area (Å²) >= 11 is 0.842. The maximum atomic E-state index is 13.2. The number of nitrogens with one attached hydrogen (secondary N) is 1. The number of guanidine groups is 1. The quantitative estimate of drug-likeness (QED) is 0.570. The maximum Gasteiger partial charge on any atom is 0.193 e. The summed E-state index contributed by atoms with van der Waals surface area (Å²) in [6, 6.07) is 3.59. The average molecular weight is 281 g/mol. The van der Waals surface area contributed by atoms with Crippen LogP contribution in [0.5, 0.6) is 0 Å². The second-order valence-corrected chi connectivity index (χ2v) is 3.79. The summed E-state index contributed by atoms with van der Waals surface area (Å²) in [5, 5.41) is 7.09. The molecule has 0 saturated heterocycles. The van der Waals surface area contributed by atoms with Crippen molar-refractivity contribution in [3.8, 4) is 0 Å². The zero-order chi connectivity index (χ0) is 12.1. The van der Waals surface area contributed by atoms with E-state index in [4.69, 9.17) is 16.9 Å². The van der Waals surface area contributed by atoms with E-state index in [1.807, 2.05) is 0 Å². The van der Waals surface area contributed by atoms with E-state index in [1.54, 1.807) is 0 Å². The van der Waals surface area contributed by atoms with Crippen LogP contribution in [0.25, 0.3) is 0 Å². The summed E-state index contributed by atoms with van der Waals surface area (Å²) < 4.78 is 26.3. The van der Waals surface area contributed by atoms with Crippen molar-refractivity contribution < 1.29 is 8.78 Å². The number of hydrogen-bond donors (Lipinski definition) is 3. The van der Waals surface area contributed by atoms with E-state index in [-0.39, 0.29) is 34.9 Å². The van der Waals surface area contributed by atoms with Crippen LogP contribution in [-0.2, 0) is 5.75 Å². The molecule has 0 fully saturated rings. The third-order valence-electron chi connectivity index (χ3n) is 1.65. The van der Waals surface area contributed by atoms with Crippen LogP contribution in [0.4, 0.5) is 8.78 Å². The molecular weight excluding hydrogens is 270 g/mol. The molecule has 0 aliphatic heterocycles. The van der Waals surface area contributed by atoms with Crippen molar-refractivity contribution in [3.05, 3.63) is 35.4 Å². The molecule has 1 rings (SSSR count). The lowest BCUT2D eigenvalue weighted by molar-refractivity contribution is 0.566. The molecule has 0 spiro atoms. The largest absolute Gasteiger partial charge is 0.370 e. The van der Waals surface area contributed by atoms with Crippen molar-refractivity contribution >= 4 is 35.3 Å². The van der Waals surface area contributed by atoms with Crippen LogP contribution in [0.15, 0.2) is 23.2 Å². The predicted octanol–water partition coefficient (Wildman–Crippen LogP) is 1.83. The summed E-state index contributed by atoms with van der Waals surface area (Å²) in [4.78, 5) is 3.43. The summed E-state index contributed by atoms with van der Waals surface area (Å²) in [5.74, 6) is -1.59. The number of thioether (sulfide) groups is 1. The Balaban J connectivity index is 0.00000256. The van der Waals surface area contributed by atoms with Crippen molar-refractivity contribution in [2.75, 3.05) is 0 Å². The zero-order valence-electron chi connectivity index (χ0n) is 8.61. The smallest absolute Gasteiger partial charge is 0.193 e. The van der Waals surface area contributed by atoms with Crippen molar-refractivity contribution in [1.82, 2.24) is 0 Å². The van der Waals surface area contributed by atoms with Gasteiger partial charge in [-0.25, -0.2) is 8.78 Å². The molecule has 0 amide bonds. The lowest BCUT2D eigenvalue weighted by Crippen LogP contribution is -2.23. The number of benzene rings is 1. The van der Waals surface area contributed by atoms with E-state index in [0.29, 0.717) is 0 Å². The molecule has 8 heteroatoms. The second kappa shape index (κ2) is 7.08. The highest BCUT2D eigenvalue weighted by Crippen LogP contribution is 2.19. The van der Waals surface area contributed by atoms with Gasteiger partial charge in [-0.15, -0.1) is 12.4 Å². The Morgan fingerprint density at radius 2 is 1.82 bits per heavy atom. The second-order valence-electron chi connectivity index (χ2n) is 2.83. The number of amidine groups is 1. The number of aliphatic imine (C=N–C) groups is 1. The summed E-state index contributed by atoms with van der Waals surface area (Å²) in [6.07, 6.45) is 0. The van der Waals surface area contributed by atoms with Gasteiger partial charge >= 0.3 is 0 Å². The van der Waals surface area contributed by atoms with Gasteiger partial charge in [0, 0.05) is 11.3 Å². The Morgan fingerprint density at radius 1 is 1.29 bits per heavy atom. The van der Waals surface area contributed by atoms with Gasteiger partial charge in [0.25, 0.3) is 0 Å². The van der Waals surface area contributed by atoms with E-state index >= 15 is 0 Å². The van der Waals surface area contributed by atoms with Crippen LogP contribution in [0.1, 0.15) is 5.56 Å². The molecule has 0 bridgehead atoms. The van der Waals surface area contributed by atoms with Crippen molar-refractivity contribution in [3.63, 3.8) is 0 Å². The molecule has 1 aromatic rings. The van der Waals surface area contributed by atoms with Gasteiger partial charge in [-0.2, -0.15) is 4.99 Å². The minimum Gasteiger partial charge on any atom is -0.370 e. The molecule has 0 aromatic heterocycles. The summed E-state index contributed by atoms with van der Waals surface area (Å²) in [6.45, 7) is 0. The lowest BCUT2D eigenvalue weighted by atomic mass is 10.2. The SMILES string of the molecule is Cl.N=C(N=C(N)N)SCc1c(F)cccc1F. The Bertz CT molecular complexity index is 415. The fourth-order valence-corrected chi connectivity index (χ4v) is 1.69. The third-order valence-corrected chi connectivity index (χ3v) is 2.44. The summed E-state index contributed by atoms with van der Waals surface area (Å²) in [7, 11) is 0. The van der Waals surface area contributed by atoms with Gasteiger partial charge < -0.3 is 11.5 Å². The van der Waals surface area contributed by atoms with Crippen LogP contribution in [0, 0.1) is 17.0 Å². The van der Waals surface area contributed by atoms with Gasteiger partial charge in [-0.3, -0.25) is 5.41 Å². The molecule has 0 atom stereocenters. The van der Waals surface area contributed by atoms with Gasteiger partial charge in [0.2, 0.25) is 0 Å². The molecule has 0 aliphatic rings. The van der Waals surface area contributed by atoms with E-state index < -0.39 is 11.6 Å². The maximum absolute atomic E-state index is 13.2. The number of hydrogen-bond acceptors (Lipinski definition) is 2. The highest BCUT2D eigenvalue weighted by atomic mass is 35.5. The van der Waals surface area contributed by atoms with Gasteiger partial charge in [-0.05, 0) is 12.1 Å². The normalized spacial score (nSPS) is 9.29. The predicted molar refractivity (Wildman–Crippen MR) is 68.4 cm³/mol. The number of rotatable bonds is 2. The molecular formula is C9H11ClF2N4S. The van der Waals surface area contributed by atoms with Gasteiger partial charge in [-0.1, -0.05) is 17.8 Å². The summed E-state index contributed by atoms with van der Waals surface area (Å²) in [5.41, 5.74) is 10.0. The Kier molecular flexibility index (Phi) is 6.52. The molecule has 17 heavy (non-hydrogen) atoms. The topological polar surface area (TPSA) is 88.2 Å². The number of halogens is 3. The molecule has 5 N–H and O–H groups in total. The fourth-order valence-electron chi connectivity index (χ4n) is 0.960. The van der Waals surface area contributed by atoms with Crippen LogP contribution in [-0.4, -0.2) is 11.1 Å². The third kappa shape index (κ3) is 5.01. The first-order valence-electron chi connectivity index (χ1n) is 4.24. The van der Waals surface area contributed by atoms with E-state index in [1.165, 1.54) is 6.07 Å². The van der Waals surface area contributed by atoms with Crippen molar-refractivity contribution in [2.24, 2.45) is 16.5 Å². The van der Waals surface area contributed by atoms with Crippen LogP contribution in [0.2, 0.25) is 0 Å². The van der Waals surface area contributed by atoms with E-state index in [0.717, 1.165) is 23.9 Å². The lowest BCUT2D eigenvalue weighted by Gasteiger charge is -2.03. The Labute approximate surface area is 107 Å². The highest BCUT2D eigenvalue weighted by molar-refractivity contribution is 8.13. The molecule has 4 nitrogen and oxygen atoms in total. The monoisotopic (exact) mass is 280 g/mol. The van der Waals surface area contributed by atoms with Gasteiger partial charge in [0.05, 0.1) is 0 Å². The average Bonchev–Trinajstić information content (AvgIpc) is 2.15. The first kappa shape index (κ1) is 15.7. The van der Waals surface area contributed by atoms with E-state index in [2.05, 4.69) is 4.99 Å². The molecule has 0 heterocycles. The van der Waals surface area contributed by atoms with Gasteiger partial charge in [0.1, 0.15) is 11.6 Å². The first-order valence-corrected chi connectivity index (χ1v) is 5.23. The number of nitrogens with zero attached hydrogens (tertiary/aromatic N) is 1. The zero-order valence-corrected chi connectivity index (χ0v) is 10.2. The van der Waals surface area contributed by atoms with Crippen LogP contribution in [0.3, 0.4) is 0 Å². The van der Waals surface area contributed by atoms with Crippen LogP contribution < -0.4 is 11.5 Å². The number of nitrogens with two attached hydrogens (primary N) is 2. The van der Waals surface area contributed by atoms with E-state index in [9.17, 15) is 8.78 Å². The highest BCUT2D eigenvalue weighted by Gasteiger charge is 2.09. The van der Waals surface area contributed by atoms with Crippen molar-refractivity contribution in [2.45, 2.75) is 5.75 Å². The standard InChI is InChI=1S/C9H10F2N4S.ClH/c10-6-2-1-3-7(11)5(6)4-16-9(14)15-8(12)13;/h1-3H,4H2,(H5,12,13,14,15);1H. The van der Waals surface area contributed by atoms with Crippen LogP contribution >= 0.6 is 24.2 Å². The minimum absolute atomic E-state index is 0. The molecule has 0 aliphatic carbocycles. The first-order chi connectivity index (χ1) is 7.50. The Hall–Kier alpha value is -1.34. The Morgan fingerprint density at radius 3 is 2.29 bits per heavy atom.